The van der Waals surface area contributed by atoms with E-state index in [4.69, 9.17) is 5.11 Å². The fourth-order valence-electron chi connectivity index (χ4n) is 1.98. The standard InChI is InChI=1S/C12H19NO3S2/c1-3-13(7-10-4-5-10)18(15,16)12-6-11(8-14)17-9(12)2/h6,10,14H,3-5,7-8H2,1-2H3. The molecule has 0 atom stereocenters. The first-order valence-electron chi connectivity index (χ1n) is 6.19. The third-order valence-electron chi connectivity index (χ3n) is 3.21. The van der Waals surface area contributed by atoms with Crippen LogP contribution in [-0.4, -0.2) is 30.9 Å². The lowest BCUT2D eigenvalue weighted by Crippen LogP contribution is -2.32. The predicted octanol–water partition coefficient (Wildman–Crippen LogP) is 1.97. The number of aliphatic hydroxyl groups is 1. The van der Waals surface area contributed by atoms with Gasteiger partial charge in [0.05, 0.1) is 11.5 Å². The van der Waals surface area contributed by atoms with Crippen LogP contribution in [0.4, 0.5) is 0 Å². The molecule has 0 bridgehead atoms. The smallest absolute Gasteiger partial charge is 0.244 e. The molecule has 6 heteroatoms. The Morgan fingerprint density at radius 1 is 1.50 bits per heavy atom. The topological polar surface area (TPSA) is 57.6 Å². The van der Waals surface area contributed by atoms with Gasteiger partial charge in [0.25, 0.3) is 0 Å². The van der Waals surface area contributed by atoms with Crippen LogP contribution in [-0.2, 0) is 16.6 Å². The molecule has 1 heterocycles. The highest BCUT2D eigenvalue weighted by Gasteiger charge is 2.32. The van der Waals surface area contributed by atoms with Crippen LogP contribution in [0.25, 0.3) is 0 Å². The molecule has 0 aromatic carbocycles. The normalized spacial score (nSPS) is 16.4. The summed E-state index contributed by atoms with van der Waals surface area (Å²) in [5, 5.41) is 9.09. The second-order valence-electron chi connectivity index (χ2n) is 4.69. The number of hydrogen-bond donors (Lipinski definition) is 1. The van der Waals surface area contributed by atoms with Crippen molar-refractivity contribution in [3.8, 4) is 0 Å². The molecule has 1 aromatic heterocycles. The third-order valence-corrected chi connectivity index (χ3v) is 6.44. The number of sulfonamides is 1. The molecule has 1 saturated carbocycles. The Labute approximate surface area is 112 Å². The van der Waals surface area contributed by atoms with Gasteiger partial charge in [-0.2, -0.15) is 4.31 Å². The summed E-state index contributed by atoms with van der Waals surface area (Å²) in [6, 6.07) is 1.60. The van der Waals surface area contributed by atoms with Crippen LogP contribution in [0, 0.1) is 12.8 Å². The molecule has 0 saturated heterocycles. The van der Waals surface area contributed by atoms with E-state index < -0.39 is 10.0 Å². The molecule has 0 amide bonds. The van der Waals surface area contributed by atoms with Crippen LogP contribution >= 0.6 is 11.3 Å². The third kappa shape index (κ3) is 2.77. The van der Waals surface area contributed by atoms with Crippen molar-refractivity contribution < 1.29 is 13.5 Å². The van der Waals surface area contributed by atoms with Crippen molar-refractivity contribution in [2.24, 2.45) is 5.92 Å². The van der Waals surface area contributed by atoms with Gasteiger partial charge >= 0.3 is 0 Å². The van der Waals surface area contributed by atoms with Crippen LogP contribution in [0.2, 0.25) is 0 Å². The molecular formula is C12H19NO3S2. The monoisotopic (exact) mass is 289 g/mol. The van der Waals surface area contributed by atoms with E-state index in [9.17, 15) is 8.42 Å². The maximum Gasteiger partial charge on any atom is 0.244 e. The van der Waals surface area contributed by atoms with Gasteiger partial charge in [-0.3, -0.25) is 0 Å². The molecule has 2 rings (SSSR count). The van der Waals surface area contributed by atoms with Crippen molar-refractivity contribution in [1.82, 2.24) is 4.31 Å². The molecule has 1 fully saturated rings. The molecule has 1 aliphatic rings. The van der Waals surface area contributed by atoms with Crippen LogP contribution in [0.15, 0.2) is 11.0 Å². The number of aliphatic hydroxyl groups excluding tert-OH is 1. The molecule has 18 heavy (non-hydrogen) atoms. The van der Waals surface area contributed by atoms with Crippen molar-refractivity contribution in [1.29, 1.82) is 0 Å². The lowest BCUT2D eigenvalue weighted by Gasteiger charge is -2.20. The second-order valence-corrected chi connectivity index (χ2v) is 7.94. The summed E-state index contributed by atoms with van der Waals surface area (Å²) in [5.74, 6) is 0.538. The van der Waals surface area contributed by atoms with Crippen molar-refractivity contribution in [3.05, 3.63) is 15.8 Å². The second kappa shape index (κ2) is 5.28. The van der Waals surface area contributed by atoms with Crippen LogP contribution in [0.1, 0.15) is 29.5 Å². The summed E-state index contributed by atoms with van der Waals surface area (Å²) < 4.78 is 26.6. The van der Waals surface area contributed by atoms with E-state index in [0.29, 0.717) is 28.8 Å². The number of nitrogens with zero attached hydrogens (tertiary/aromatic N) is 1. The zero-order valence-electron chi connectivity index (χ0n) is 10.7. The van der Waals surface area contributed by atoms with E-state index in [1.165, 1.54) is 11.3 Å². The SMILES string of the molecule is CCN(CC1CC1)S(=O)(=O)c1cc(CO)sc1C. The summed E-state index contributed by atoms with van der Waals surface area (Å²) >= 11 is 1.35. The maximum absolute atomic E-state index is 12.5. The van der Waals surface area contributed by atoms with E-state index in [2.05, 4.69) is 0 Å². The molecular weight excluding hydrogens is 270 g/mol. The molecule has 0 radical (unpaired) electrons. The van der Waals surface area contributed by atoms with Crippen molar-refractivity contribution in [2.45, 2.75) is 38.2 Å². The lowest BCUT2D eigenvalue weighted by molar-refractivity contribution is 0.285. The van der Waals surface area contributed by atoms with Gasteiger partial charge in [0.1, 0.15) is 0 Å². The Hall–Kier alpha value is -0.430. The van der Waals surface area contributed by atoms with Gasteiger partial charge < -0.3 is 5.11 Å². The predicted molar refractivity (Wildman–Crippen MR) is 72.1 cm³/mol. The van der Waals surface area contributed by atoms with Gasteiger partial charge in [0.15, 0.2) is 0 Å². The summed E-state index contributed by atoms with van der Waals surface area (Å²) in [7, 11) is -3.39. The van der Waals surface area contributed by atoms with Crippen LogP contribution < -0.4 is 0 Å². The maximum atomic E-state index is 12.5. The Bertz CT molecular complexity index is 517. The number of aryl methyl sites for hydroxylation is 1. The summed E-state index contributed by atoms with van der Waals surface area (Å²) in [5.41, 5.74) is 0. The Balaban J connectivity index is 2.29. The number of hydrogen-bond acceptors (Lipinski definition) is 4. The summed E-state index contributed by atoms with van der Waals surface area (Å²) in [6.45, 7) is 4.69. The average molecular weight is 289 g/mol. The molecule has 102 valence electrons. The summed E-state index contributed by atoms with van der Waals surface area (Å²) in [4.78, 5) is 1.82. The highest BCUT2D eigenvalue weighted by Crippen LogP contribution is 2.33. The van der Waals surface area contributed by atoms with Crippen molar-refractivity contribution in [3.63, 3.8) is 0 Å². The number of thiophene rings is 1. The molecule has 0 spiro atoms. The van der Waals surface area contributed by atoms with Gasteiger partial charge in [0, 0.05) is 22.8 Å². The lowest BCUT2D eigenvalue weighted by atomic mass is 10.4. The minimum atomic E-state index is -3.39. The first-order valence-corrected chi connectivity index (χ1v) is 8.45. The molecule has 4 nitrogen and oxygen atoms in total. The summed E-state index contributed by atoms with van der Waals surface area (Å²) in [6.07, 6.45) is 2.27. The highest BCUT2D eigenvalue weighted by molar-refractivity contribution is 7.89. The van der Waals surface area contributed by atoms with Gasteiger partial charge in [-0.25, -0.2) is 8.42 Å². The molecule has 1 N–H and O–H groups in total. The van der Waals surface area contributed by atoms with Gasteiger partial charge in [-0.1, -0.05) is 6.92 Å². The zero-order valence-corrected chi connectivity index (χ0v) is 12.4. The fourth-order valence-corrected chi connectivity index (χ4v) is 4.97. The molecule has 0 unspecified atom stereocenters. The zero-order chi connectivity index (χ0) is 13.3. The molecule has 1 aromatic rings. The first kappa shape index (κ1) is 14.0. The van der Waals surface area contributed by atoms with Gasteiger partial charge in [0.2, 0.25) is 10.0 Å². The van der Waals surface area contributed by atoms with Gasteiger partial charge in [-0.05, 0) is 31.7 Å². The van der Waals surface area contributed by atoms with Crippen LogP contribution in [0.3, 0.4) is 0 Å². The molecule has 0 aliphatic heterocycles. The van der Waals surface area contributed by atoms with Crippen molar-refractivity contribution in [2.75, 3.05) is 13.1 Å². The average Bonchev–Trinajstić information content (AvgIpc) is 3.07. The van der Waals surface area contributed by atoms with Crippen LogP contribution in [0.5, 0.6) is 0 Å². The fraction of sp³-hybridized carbons (Fsp3) is 0.667. The Kier molecular flexibility index (Phi) is 4.11. The van der Waals surface area contributed by atoms with E-state index in [1.807, 2.05) is 6.92 Å². The van der Waals surface area contributed by atoms with E-state index in [0.717, 1.165) is 17.7 Å². The van der Waals surface area contributed by atoms with E-state index >= 15 is 0 Å². The number of rotatable bonds is 6. The quantitative estimate of drug-likeness (QED) is 0.871. The van der Waals surface area contributed by atoms with Crippen molar-refractivity contribution >= 4 is 21.4 Å². The Morgan fingerprint density at radius 3 is 2.61 bits per heavy atom. The van der Waals surface area contributed by atoms with Gasteiger partial charge in [-0.15, -0.1) is 11.3 Å². The first-order chi connectivity index (χ1) is 8.48. The largest absolute Gasteiger partial charge is 0.391 e. The van der Waals surface area contributed by atoms with E-state index in [1.54, 1.807) is 17.3 Å². The highest BCUT2D eigenvalue weighted by atomic mass is 32.2. The van der Waals surface area contributed by atoms with E-state index in [-0.39, 0.29) is 6.61 Å². The molecule has 1 aliphatic carbocycles. The Morgan fingerprint density at radius 2 is 2.17 bits per heavy atom. The minimum Gasteiger partial charge on any atom is -0.391 e. The minimum absolute atomic E-state index is 0.101.